The molecule has 1 aliphatic carbocycles. The number of nitrogens with zero attached hydrogens (tertiary/aromatic N) is 3. The fraction of sp³-hybridized carbons (Fsp3) is 0.750. The molecule has 1 aliphatic heterocycles. The van der Waals surface area contributed by atoms with E-state index in [-0.39, 0.29) is 17.6 Å². The van der Waals surface area contributed by atoms with Crippen LogP contribution in [0.1, 0.15) is 50.9 Å². The van der Waals surface area contributed by atoms with Crippen LogP contribution in [0.4, 0.5) is 0 Å². The van der Waals surface area contributed by atoms with Crippen LogP contribution in [-0.4, -0.2) is 45.7 Å². The Morgan fingerprint density at radius 3 is 2.90 bits per heavy atom. The maximum Gasteiger partial charge on any atom is 0.224 e. The maximum absolute atomic E-state index is 12.6. The molecule has 1 atom stereocenters. The van der Waals surface area contributed by atoms with Gasteiger partial charge in [-0.1, -0.05) is 12.8 Å². The zero-order chi connectivity index (χ0) is 14.9. The van der Waals surface area contributed by atoms with Crippen LogP contribution in [0.2, 0.25) is 0 Å². The van der Waals surface area contributed by atoms with Crippen molar-refractivity contribution in [2.75, 3.05) is 19.7 Å². The van der Waals surface area contributed by atoms with Crippen molar-refractivity contribution in [1.82, 2.24) is 14.5 Å². The van der Waals surface area contributed by atoms with E-state index in [9.17, 15) is 4.79 Å². The highest BCUT2D eigenvalue weighted by molar-refractivity contribution is 5.76. The molecule has 3 rings (SSSR count). The molecule has 1 spiro atoms. The summed E-state index contributed by atoms with van der Waals surface area (Å²) in [5.41, 5.74) is -0.0396. The number of morpholine rings is 1. The largest absolute Gasteiger partial charge is 0.371 e. The monoisotopic (exact) mass is 291 g/mol. The molecule has 21 heavy (non-hydrogen) atoms. The van der Waals surface area contributed by atoms with Crippen LogP contribution in [0.15, 0.2) is 12.4 Å². The van der Waals surface area contributed by atoms with Crippen LogP contribution in [0.3, 0.4) is 0 Å². The van der Waals surface area contributed by atoms with E-state index < -0.39 is 0 Å². The SMILES string of the molecule is Cc1nccn1C(C)CC(=O)N1CCOC2(CCCC2)C1. The van der Waals surface area contributed by atoms with Crippen LogP contribution in [0.25, 0.3) is 0 Å². The zero-order valence-electron chi connectivity index (χ0n) is 13.0. The maximum atomic E-state index is 12.6. The number of rotatable bonds is 3. The van der Waals surface area contributed by atoms with Gasteiger partial charge in [0.05, 0.1) is 12.2 Å². The highest BCUT2D eigenvalue weighted by Gasteiger charge is 2.40. The quantitative estimate of drug-likeness (QED) is 0.858. The first-order valence-electron chi connectivity index (χ1n) is 8.01. The van der Waals surface area contributed by atoms with Gasteiger partial charge in [-0.25, -0.2) is 4.98 Å². The Hall–Kier alpha value is -1.36. The van der Waals surface area contributed by atoms with Crippen LogP contribution < -0.4 is 0 Å². The minimum Gasteiger partial charge on any atom is -0.371 e. The summed E-state index contributed by atoms with van der Waals surface area (Å²) in [7, 11) is 0. The smallest absolute Gasteiger partial charge is 0.224 e. The summed E-state index contributed by atoms with van der Waals surface area (Å²) < 4.78 is 8.07. The van der Waals surface area contributed by atoms with Crippen molar-refractivity contribution in [2.24, 2.45) is 0 Å². The Kier molecular flexibility index (Phi) is 4.02. The molecule has 1 aromatic rings. The summed E-state index contributed by atoms with van der Waals surface area (Å²) in [6.45, 7) is 6.25. The van der Waals surface area contributed by atoms with Crippen molar-refractivity contribution in [3.63, 3.8) is 0 Å². The van der Waals surface area contributed by atoms with Crippen molar-refractivity contribution in [3.8, 4) is 0 Å². The first-order valence-corrected chi connectivity index (χ1v) is 8.01. The third-order valence-electron chi connectivity index (χ3n) is 4.92. The van der Waals surface area contributed by atoms with E-state index in [1.165, 1.54) is 12.8 Å². The zero-order valence-corrected chi connectivity index (χ0v) is 13.0. The lowest BCUT2D eigenvalue weighted by Gasteiger charge is -2.40. The van der Waals surface area contributed by atoms with Gasteiger partial charge in [-0.2, -0.15) is 0 Å². The molecular weight excluding hydrogens is 266 g/mol. The summed E-state index contributed by atoms with van der Waals surface area (Å²) in [4.78, 5) is 18.8. The minimum absolute atomic E-state index is 0.0396. The second-order valence-electron chi connectivity index (χ2n) is 6.49. The van der Waals surface area contributed by atoms with Gasteiger partial charge in [0.1, 0.15) is 5.82 Å². The predicted molar refractivity (Wildman–Crippen MR) is 80.0 cm³/mol. The summed E-state index contributed by atoms with van der Waals surface area (Å²) in [6, 6.07) is 0.155. The van der Waals surface area contributed by atoms with Gasteiger partial charge < -0.3 is 14.2 Å². The molecule has 0 radical (unpaired) electrons. The Bertz CT molecular complexity index is 505. The molecule has 1 saturated carbocycles. The van der Waals surface area contributed by atoms with Gasteiger partial charge >= 0.3 is 0 Å². The van der Waals surface area contributed by atoms with Crippen LogP contribution in [-0.2, 0) is 9.53 Å². The normalized spacial score (nSPS) is 22.7. The standard InChI is InChI=1S/C16H25N3O2/c1-13(19-8-7-17-14(19)2)11-15(20)18-9-10-21-16(12-18)5-3-4-6-16/h7-8,13H,3-6,9-12H2,1-2H3. The Labute approximate surface area is 126 Å². The van der Waals surface area contributed by atoms with Crippen LogP contribution in [0.5, 0.6) is 0 Å². The van der Waals surface area contributed by atoms with Crippen LogP contribution >= 0.6 is 0 Å². The van der Waals surface area contributed by atoms with Gasteiger partial charge in [-0.05, 0) is 26.7 Å². The Morgan fingerprint density at radius 2 is 2.24 bits per heavy atom. The molecular formula is C16H25N3O2. The second-order valence-corrected chi connectivity index (χ2v) is 6.49. The van der Waals surface area contributed by atoms with Gasteiger partial charge in [0.25, 0.3) is 0 Å². The lowest BCUT2D eigenvalue weighted by molar-refractivity contribution is -0.150. The van der Waals surface area contributed by atoms with Crippen molar-refractivity contribution >= 4 is 5.91 Å². The van der Waals surface area contributed by atoms with E-state index in [1.807, 2.05) is 18.0 Å². The van der Waals surface area contributed by atoms with E-state index in [1.54, 1.807) is 6.20 Å². The number of imidazole rings is 1. The molecule has 116 valence electrons. The van der Waals surface area contributed by atoms with E-state index in [0.29, 0.717) is 13.0 Å². The van der Waals surface area contributed by atoms with Gasteiger partial charge in [-0.15, -0.1) is 0 Å². The Balaban J connectivity index is 1.61. The lowest BCUT2D eigenvalue weighted by atomic mass is 9.99. The molecule has 2 heterocycles. The fourth-order valence-corrected chi connectivity index (χ4v) is 3.71. The average molecular weight is 291 g/mol. The van der Waals surface area contributed by atoms with Gasteiger partial charge in [0, 0.05) is 37.9 Å². The summed E-state index contributed by atoms with van der Waals surface area (Å²) in [6.07, 6.45) is 8.94. The summed E-state index contributed by atoms with van der Waals surface area (Å²) in [5.74, 6) is 1.20. The summed E-state index contributed by atoms with van der Waals surface area (Å²) in [5, 5.41) is 0. The van der Waals surface area contributed by atoms with Gasteiger partial charge in [0.15, 0.2) is 0 Å². The average Bonchev–Trinajstić information content (AvgIpc) is 3.08. The molecule has 0 N–H and O–H groups in total. The molecule has 5 heteroatoms. The molecule has 5 nitrogen and oxygen atoms in total. The predicted octanol–water partition coefficient (Wildman–Crippen LogP) is 2.31. The molecule has 1 saturated heterocycles. The molecule has 1 unspecified atom stereocenters. The van der Waals surface area contributed by atoms with Crippen molar-refractivity contribution in [2.45, 2.75) is 57.6 Å². The number of aryl methyl sites for hydroxylation is 1. The fourth-order valence-electron chi connectivity index (χ4n) is 3.71. The van der Waals surface area contributed by atoms with Gasteiger partial charge in [-0.3, -0.25) is 4.79 Å². The third kappa shape index (κ3) is 2.98. The number of hydrogen-bond acceptors (Lipinski definition) is 3. The molecule has 0 aromatic carbocycles. The molecule has 1 amide bonds. The number of amides is 1. The van der Waals surface area contributed by atoms with Crippen molar-refractivity contribution < 1.29 is 9.53 Å². The number of aromatic nitrogens is 2. The third-order valence-corrected chi connectivity index (χ3v) is 4.92. The second kappa shape index (κ2) is 5.79. The molecule has 0 bridgehead atoms. The summed E-state index contributed by atoms with van der Waals surface area (Å²) >= 11 is 0. The highest BCUT2D eigenvalue weighted by atomic mass is 16.5. The van der Waals surface area contributed by atoms with Crippen LogP contribution in [0, 0.1) is 6.92 Å². The Morgan fingerprint density at radius 1 is 1.48 bits per heavy atom. The lowest BCUT2D eigenvalue weighted by Crippen LogP contribution is -2.52. The topological polar surface area (TPSA) is 47.4 Å². The van der Waals surface area contributed by atoms with E-state index in [4.69, 9.17) is 4.74 Å². The number of carbonyl (C=O) groups is 1. The molecule has 1 aromatic heterocycles. The highest BCUT2D eigenvalue weighted by Crippen LogP contribution is 2.36. The van der Waals surface area contributed by atoms with Gasteiger partial charge in [0.2, 0.25) is 5.91 Å². The first kappa shape index (κ1) is 14.6. The van der Waals surface area contributed by atoms with Crippen molar-refractivity contribution in [1.29, 1.82) is 0 Å². The number of carbonyl (C=O) groups excluding carboxylic acids is 1. The molecule has 2 aliphatic rings. The van der Waals surface area contributed by atoms with E-state index in [2.05, 4.69) is 16.5 Å². The number of hydrogen-bond donors (Lipinski definition) is 0. The minimum atomic E-state index is -0.0396. The number of ether oxygens (including phenoxy) is 1. The van der Waals surface area contributed by atoms with E-state index in [0.717, 1.165) is 31.8 Å². The van der Waals surface area contributed by atoms with Crippen molar-refractivity contribution in [3.05, 3.63) is 18.2 Å². The van der Waals surface area contributed by atoms with E-state index >= 15 is 0 Å². The first-order chi connectivity index (χ1) is 10.1. The molecule has 2 fully saturated rings.